The van der Waals surface area contributed by atoms with Gasteiger partial charge in [0.25, 0.3) is 0 Å². The molecule has 0 radical (unpaired) electrons. The second kappa shape index (κ2) is 5.35. The molecule has 2 nitrogen and oxygen atoms in total. The lowest BCUT2D eigenvalue weighted by molar-refractivity contribution is 0.102. The maximum atomic E-state index is 12.0. The van der Waals surface area contributed by atoms with E-state index >= 15 is 0 Å². The Morgan fingerprint density at radius 1 is 1.27 bits per heavy atom. The van der Waals surface area contributed by atoms with Gasteiger partial charge in [-0.25, -0.2) is 0 Å². The highest BCUT2D eigenvalue weighted by Gasteiger charge is 2.09. The number of hydrogen-bond donors (Lipinski definition) is 0. The molecule has 0 N–H and O–H groups in total. The topological polar surface area (TPSA) is 20.3 Å². The zero-order valence-corrected chi connectivity index (χ0v) is 9.53. The van der Waals surface area contributed by atoms with Gasteiger partial charge in [0.1, 0.15) is 0 Å². The standard InChI is InChI=1S/C13H17NO/c1-4-11(10-14(2)3)13(15)12-8-6-5-7-9-12/h5-10H,4H2,1-3H3. The smallest absolute Gasteiger partial charge is 0.190 e. The molecule has 1 rings (SSSR count). The second-order valence-corrected chi connectivity index (χ2v) is 3.67. The molecule has 15 heavy (non-hydrogen) atoms. The van der Waals surface area contributed by atoms with Crippen LogP contribution in [0.15, 0.2) is 42.1 Å². The summed E-state index contributed by atoms with van der Waals surface area (Å²) in [6.45, 7) is 2.00. The summed E-state index contributed by atoms with van der Waals surface area (Å²) in [4.78, 5) is 13.9. The van der Waals surface area contributed by atoms with Crippen LogP contribution in [0.2, 0.25) is 0 Å². The van der Waals surface area contributed by atoms with Crippen LogP contribution in [0.25, 0.3) is 0 Å². The Morgan fingerprint density at radius 3 is 2.33 bits per heavy atom. The van der Waals surface area contributed by atoms with Gasteiger partial charge in [-0.15, -0.1) is 0 Å². The van der Waals surface area contributed by atoms with E-state index in [9.17, 15) is 4.79 Å². The maximum Gasteiger partial charge on any atom is 0.190 e. The van der Waals surface area contributed by atoms with E-state index in [0.29, 0.717) is 0 Å². The molecule has 0 aliphatic carbocycles. The lowest BCUT2D eigenvalue weighted by Crippen LogP contribution is -2.09. The van der Waals surface area contributed by atoms with Crippen molar-refractivity contribution in [2.24, 2.45) is 0 Å². The van der Waals surface area contributed by atoms with Crippen LogP contribution in [0.5, 0.6) is 0 Å². The van der Waals surface area contributed by atoms with Crippen molar-refractivity contribution in [3.8, 4) is 0 Å². The molecule has 0 unspecified atom stereocenters. The third kappa shape index (κ3) is 3.24. The van der Waals surface area contributed by atoms with Crippen LogP contribution in [0.1, 0.15) is 23.7 Å². The van der Waals surface area contributed by atoms with Gasteiger partial charge in [0.05, 0.1) is 0 Å². The van der Waals surface area contributed by atoms with E-state index in [2.05, 4.69) is 0 Å². The van der Waals surface area contributed by atoms with Gasteiger partial charge in [-0.2, -0.15) is 0 Å². The average Bonchev–Trinajstić information content (AvgIpc) is 2.26. The van der Waals surface area contributed by atoms with E-state index in [0.717, 1.165) is 17.6 Å². The lowest BCUT2D eigenvalue weighted by atomic mass is 10.0. The molecule has 0 heterocycles. The minimum Gasteiger partial charge on any atom is -0.383 e. The highest BCUT2D eigenvalue weighted by molar-refractivity contribution is 6.08. The third-order valence-electron chi connectivity index (χ3n) is 2.12. The average molecular weight is 203 g/mol. The van der Waals surface area contributed by atoms with Crippen LogP contribution in [0.3, 0.4) is 0 Å². The number of ketones is 1. The van der Waals surface area contributed by atoms with Crippen molar-refractivity contribution in [3.63, 3.8) is 0 Å². The van der Waals surface area contributed by atoms with Gasteiger partial charge in [-0.05, 0) is 6.42 Å². The Hall–Kier alpha value is -1.57. The fraction of sp³-hybridized carbons (Fsp3) is 0.308. The fourth-order valence-electron chi connectivity index (χ4n) is 1.40. The summed E-state index contributed by atoms with van der Waals surface area (Å²) in [6, 6.07) is 9.38. The fourth-order valence-corrected chi connectivity index (χ4v) is 1.40. The van der Waals surface area contributed by atoms with Crippen molar-refractivity contribution in [2.45, 2.75) is 13.3 Å². The molecule has 0 aromatic heterocycles. The summed E-state index contributed by atoms with van der Waals surface area (Å²) >= 11 is 0. The minimum atomic E-state index is 0.117. The van der Waals surface area contributed by atoms with Crippen LogP contribution in [-0.2, 0) is 0 Å². The van der Waals surface area contributed by atoms with Gasteiger partial charge in [-0.1, -0.05) is 37.3 Å². The molecule has 0 amide bonds. The van der Waals surface area contributed by atoms with E-state index in [1.54, 1.807) is 0 Å². The van der Waals surface area contributed by atoms with Gasteiger partial charge < -0.3 is 4.90 Å². The molecule has 0 spiro atoms. The van der Waals surface area contributed by atoms with Crippen LogP contribution in [0, 0.1) is 0 Å². The number of benzene rings is 1. The zero-order valence-electron chi connectivity index (χ0n) is 9.53. The molecular weight excluding hydrogens is 186 g/mol. The van der Waals surface area contributed by atoms with E-state index < -0.39 is 0 Å². The van der Waals surface area contributed by atoms with E-state index in [-0.39, 0.29) is 5.78 Å². The monoisotopic (exact) mass is 203 g/mol. The highest BCUT2D eigenvalue weighted by atomic mass is 16.1. The highest BCUT2D eigenvalue weighted by Crippen LogP contribution is 2.11. The van der Waals surface area contributed by atoms with Gasteiger partial charge in [0.2, 0.25) is 0 Å². The predicted octanol–water partition coefficient (Wildman–Crippen LogP) is 2.72. The molecule has 1 aromatic rings. The van der Waals surface area contributed by atoms with Gasteiger partial charge in [0.15, 0.2) is 5.78 Å². The summed E-state index contributed by atoms with van der Waals surface area (Å²) in [5.74, 6) is 0.117. The first-order chi connectivity index (χ1) is 7.15. The van der Waals surface area contributed by atoms with E-state index in [4.69, 9.17) is 0 Å². The molecule has 0 fully saturated rings. The molecule has 0 atom stereocenters. The number of carbonyl (C=O) groups excluding carboxylic acids is 1. The van der Waals surface area contributed by atoms with Crippen molar-refractivity contribution < 1.29 is 4.79 Å². The molecule has 0 aliphatic heterocycles. The largest absolute Gasteiger partial charge is 0.383 e. The molecule has 1 aromatic carbocycles. The van der Waals surface area contributed by atoms with Gasteiger partial charge >= 0.3 is 0 Å². The van der Waals surface area contributed by atoms with Crippen molar-refractivity contribution in [1.82, 2.24) is 4.90 Å². The summed E-state index contributed by atoms with van der Waals surface area (Å²) in [5, 5.41) is 0. The van der Waals surface area contributed by atoms with Gasteiger partial charge in [-0.3, -0.25) is 4.79 Å². The molecule has 0 saturated heterocycles. The van der Waals surface area contributed by atoms with Gasteiger partial charge in [0, 0.05) is 31.4 Å². The molecule has 2 heteroatoms. The van der Waals surface area contributed by atoms with Crippen LogP contribution >= 0.6 is 0 Å². The number of allylic oxidation sites excluding steroid dienone is 1. The van der Waals surface area contributed by atoms with Crippen molar-refractivity contribution in [2.75, 3.05) is 14.1 Å². The number of Topliss-reactive ketones (excluding diaryl/α,β-unsaturated/α-hetero) is 1. The Kier molecular flexibility index (Phi) is 4.10. The second-order valence-electron chi connectivity index (χ2n) is 3.67. The first-order valence-corrected chi connectivity index (χ1v) is 5.12. The van der Waals surface area contributed by atoms with Crippen LogP contribution < -0.4 is 0 Å². The SMILES string of the molecule is CCC(=CN(C)C)C(=O)c1ccccc1. The molecular formula is C13H17NO. The first kappa shape index (κ1) is 11.5. The lowest BCUT2D eigenvalue weighted by Gasteiger charge is -2.09. The van der Waals surface area contributed by atoms with Crippen LogP contribution in [-0.4, -0.2) is 24.8 Å². The minimum absolute atomic E-state index is 0.117. The van der Waals surface area contributed by atoms with E-state index in [1.807, 2.05) is 62.5 Å². The Labute approximate surface area is 91.2 Å². The predicted molar refractivity (Wildman–Crippen MR) is 62.8 cm³/mol. The van der Waals surface area contributed by atoms with Crippen molar-refractivity contribution >= 4 is 5.78 Å². The summed E-state index contributed by atoms with van der Waals surface area (Å²) in [7, 11) is 3.85. The summed E-state index contributed by atoms with van der Waals surface area (Å²) in [6.07, 6.45) is 2.64. The molecule has 80 valence electrons. The quantitative estimate of drug-likeness (QED) is 0.554. The molecule has 0 bridgehead atoms. The normalized spacial score (nSPS) is 11.3. The van der Waals surface area contributed by atoms with E-state index in [1.165, 1.54) is 0 Å². The number of rotatable bonds is 4. The number of carbonyl (C=O) groups is 1. The molecule has 0 aliphatic rings. The Bertz CT molecular complexity index is 352. The summed E-state index contributed by atoms with van der Waals surface area (Å²) < 4.78 is 0. The Morgan fingerprint density at radius 2 is 1.87 bits per heavy atom. The summed E-state index contributed by atoms with van der Waals surface area (Å²) in [5.41, 5.74) is 1.60. The maximum absolute atomic E-state index is 12.0. The molecule has 0 saturated carbocycles. The van der Waals surface area contributed by atoms with Crippen LogP contribution in [0.4, 0.5) is 0 Å². The van der Waals surface area contributed by atoms with Crippen molar-refractivity contribution in [1.29, 1.82) is 0 Å². The third-order valence-corrected chi connectivity index (χ3v) is 2.12. The first-order valence-electron chi connectivity index (χ1n) is 5.12. The number of nitrogens with zero attached hydrogens (tertiary/aromatic N) is 1. The number of hydrogen-bond acceptors (Lipinski definition) is 2. The Balaban J connectivity index is 2.93. The zero-order chi connectivity index (χ0) is 11.3. The van der Waals surface area contributed by atoms with Crippen molar-refractivity contribution in [3.05, 3.63) is 47.7 Å².